The number of hydrogen-bond donors (Lipinski definition) is 0. The van der Waals surface area contributed by atoms with Crippen molar-refractivity contribution in [3.05, 3.63) is 249 Å². The highest BCUT2D eigenvalue weighted by Gasteiger charge is 2.15. The molecule has 0 fully saturated rings. The Morgan fingerprint density at radius 1 is 0.254 bits per heavy atom. The first-order chi connectivity index (χ1) is 32.6. The van der Waals surface area contributed by atoms with Crippen LogP contribution in [0, 0.1) is 0 Å². The van der Waals surface area contributed by atoms with Crippen molar-refractivity contribution in [3.8, 4) is 66.8 Å². The number of anilines is 3. The lowest BCUT2D eigenvalue weighted by Crippen LogP contribution is -2.09. The van der Waals surface area contributed by atoms with Crippen LogP contribution < -0.4 is 4.90 Å². The van der Waals surface area contributed by atoms with Gasteiger partial charge in [-0.2, -0.15) is 0 Å². The van der Waals surface area contributed by atoms with Gasteiger partial charge in [0.2, 0.25) is 0 Å². The van der Waals surface area contributed by atoms with Gasteiger partial charge in [-0.1, -0.05) is 194 Å². The molecule has 0 aliphatic rings. The second kappa shape index (κ2) is 16.0. The highest BCUT2D eigenvalue weighted by molar-refractivity contribution is 5.97. The van der Waals surface area contributed by atoms with Crippen LogP contribution in [-0.2, 0) is 0 Å². The molecular formula is C58H41N. The smallest absolute Gasteiger partial charge is 0.0645 e. The van der Waals surface area contributed by atoms with E-state index in [-0.39, 0.29) is 46.7 Å². The number of hydrogen-bond acceptors (Lipinski definition) is 1. The molecule has 1 nitrogen and oxygen atoms in total. The molecule has 0 N–H and O–H groups in total. The van der Waals surface area contributed by atoms with Crippen molar-refractivity contribution < 1.29 is 11.0 Å². The molecule has 59 heavy (non-hydrogen) atoms. The van der Waals surface area contributed by atoms with E-state index < -0.39 is 24.2 Å². The van der Waals surface area contributed by atoms with E-state index >= 15 is 0 Å². The monoisotopic (exact) mass is 759 g/mol. The van der Waals surface area contributed by atoms with Crippen LogP contribution in [0.25, 0.3) is 77.5 Å². The maximum atomic E-state index is 9.64. The van der Waals surface area contributed by atoms with Crippen molar-refractivity contribution in [2.75, 3.05) is 4.90 Å². The van der Waals surface area contributed by atoms with E-state index in [1.54, 1.807) is 24.3 Å². The van der Waals surface area contributed by atoms with Gasteiger partial charge in [-0.25, -0.2) is 0 Å². The highest BCUT2D eigenvalue weighted by atomic mass is 15.1. The van der Waals surface area contributed by atoms with Gasteiger partial charge >= 0.3 is 0 Å². The van der Waals surface area contributed by atoms with E-state index in [2.05, 4.69) is 6.07 Å². The first-order valence-corrected chi connectivity index (χ1v) is 19.6. The van der Waals surface area contributed by atoms with Crippen molar-refractivity contribution in [1.29, 1.82) is 0 Å². The first kappa shape index (κ1) is 27.8. The number of benzene rings is 10. The van der Waals surface area contributed by atoms with Crippen LogP contribution >= 0.6 is 0 Å². The van der Waals surface area contributed by atoms with Gasteiger partial charge in [-0.15, -0.1) is 0 Å². The van der Waals surface area contributed by atoms with Gasteiger partial charge in [-0.05, 0) is 132 Å². The van der Waals surface area contributed by atoms with Gasteiger partial charge in [0, 0.05) is 17.1 Å². The van der Waals surface area contributed by atoms with Crippen molar-refractivity contribution >= 4 is 27.8 Å². The Hall–Kier alpha value is -7.74. The fourth-order valence-electron chi connectivity index (χ4n) is 7.61. The molecule has 0 aliphatic heterocycles. The molecule has 0 atom stereocenters. The van der Waals surface area contributed by atoms with E-state index in [9.17, 15) is 11.0 Å². The topological polar surface area (TPSA) is 3.24 Å². The third-order valence-electron chi connectivity index (χ3n) is 10.6. The van der Waals surface area contributed by atoms with E-state index in [0.717, 1.165) is 55.3 Å². The van der Waals surface area contributed by atoms with E-state index in [1.807, 2.05) is 170 Å². The van der Waals surface area contributed by atoms with Crippen LogP contribution in [0.15, 0.2) is 249 Å². The molecule has 0 unspecified atom stereocenters. The lowest BCUT2D eigenvalue weighted by molar-refractivity contribution is 1.28. The molecule has 0 aliphatic carbocycles. The van der Waals surface area contributed by atoms with Gasteiger partial charge in [-0.3, -0.25) is 0 Å². The molecular weight excluding hydrogens is 711 g/mol. The summed E-state index contributed by atoms with van der Waals surface area (Å²) in [6, 6.07) is 61.2. The standard InChI is InChI=1S/C58H41N/c1-3-13-42(14-4-1)48-19-9-21-50(39-48)44-27-33-54(34-28-44)59(55-35-29-45(30-36-55)51-22-10-20-49(40-51)43-15-5-2-6-16-43)56-37-31-46(32-38-56)52-23-11-24-53(41-52)58-26-12-18-47-17-7-8-25-57(47)58/h1-41H/i27D,28D,31D,32D,33D,34D,37D,38D. The molecule has 0 heterocycles. The predicted octanol–water partition coefficient (Wildman–Crippen LogP) is 16.3. The number of rotatable bonds is 9. The summed E-state index contributed by atoms with van der Waals surface area (Å²) in [7, 11) is 0. The van der Waals surface area contributed by atoms with E-state index in [0.29, 0.717) is 16.8 Å². The Morgan fingerprint density at radius 3 is 1.15 bits per heavy atom. The van der Waals surface area contributed by atoms with Crippen LogP contribution in [-0.4, -0.2) is 0 Å². The maximum Gasteiger partial charge on any atom is 0.0645 e. The molecule has 10 rings (SSSR count). The van der Waals surface area contributed by atoms with Crippen molar-refractivity contribution in [2.24, 2.45) is 0 Å². The summed E-state index contributed by atoms with van der Waals surface area (Å²) in [6.45, 7) is 0. The predicted molar refractivity (Wildman–Crippen MR) is 251 cm³/mol. The molecule has 278 valence electrons. The third-order valence-corrected chi connectivity index (χ3v) is 10.6. The average molecular weight is 760 g/mol. The van der Waals surface area contributed by atoms with E-state index in [4.69, 9.17) is 0 Å². The quantitative estimate of drug-likeness (QED) is 0.142. The Morgan fingerprint density at radius 2 is 0.627 bits per heavy atom. The van der Waals surface area contributed by atoms with Gasteiger partial charge in [0.05, 0.1) is 11.0 Å². The highest BCUT2D eigenvalue weighted by Crippen LogP contribution is 2.39. The zero-order valence-corrected chi connectivity index (χ0v) is 32.0. The maximum absolute atomic E-state index is 9.64. The van der Waals surface area contributed by atoms with Crippen molar-refractivity contribution in [2.45, 2.75) is 0 Å². The van der Waals surface area contributed by atoms with Gasteiger partial charge in [0.25, 0.3) is 0 Å². The Labute approximate surface area is 358 Å². The molecule has 0 saturated heterocycles. The molecule has 1 heteroatoms. The molecule has 10 aromatic carbocycles. The van der Waals surface area contributed by atoms with Crippen molar-refractivity contribution in [3.63, 3.8) is 0 Å². The van der Waals surface area contributed by atoms with Crippen LogP contribution in [0.3, 0.4) is 0 Å². The molecule has 0 spiro atoms. The summed E-state index contributed by atoms with van der Waals surface area (Å²) >= 11 is 0. The van der Waals surface area contributed by atoms with Crippen LogP contribution in [0.2, 0.25) is 0 Å². The summed E-state index contributed by atoms with van der Waals surface area (Å²) in [5.41, 5.74) is 8.61. The molecule has 10 aromatic rings. The minimum absolute atomic E-state index is 0.0997. The zero-order valence-electron chi connectivity index (χ0n) is 40.0. The number of nitrogens with zero attached hydrogens (tertiary/aromatic N) is 1. The molecule has 0 aromatic heterocycles. The van der Waals surface area contributed by atoms with Crippen molar-refractivity contribution in [1.82, 2.24) is 0 Å². The average Bonchev–Trinajstić information content (AvgIpc) is 3.38. The zero-order chi connectivity index (χ0) is 46.3. The third kappa shape index (κ3) is 7.46. The fraction of sp³-hybridized carbons (Fsp3) is 0. The summed E-state index contributed by atoms with van der Waals surface area (Å²) in [5, 5.41) is 2.10. The second-order valence-corrected chi connectivity index (χ2v) is 14.3. The minimum Gasteiger partial charge on any atom is -0.311 e. The first-order valence-electron chi connectivity index (χ1n) is 23.6. The van der Waals surface area contributed by atoms with Crippen LogP contribution in [0.5, 0.6) is 0 Å². The Bertz CT molecular complexity index is 3440. The molecule has 0 amide bonds. The summed E-state index contributed by atoms with van der Waals surface area (Å²) in [6.07, 6.45) is 0. The fourth-order valence-corrected chi connectivity index (χ4v) is 7.61. The van der Waals surface area contributed by atoms with Gasteiger partial charge < -0.3 is 4.90 Å². The normalized spacial score (nSPS) is 12.9. The van der Waals surface area contributed by atoms with Crippen LogP contribution in [0.4, 0.5) is 17.1 Å². The minimum atomic E-state index is -0.400. The largest absolute Gasteiger partial charge is 0.311 e. The van der Waals surface area contributed by atoms with Gasteiger partial charge in [0.15, 0.2) is 0 Å². The van der Waals surface area contributed by atoms with Crippen LogP contribution in [0.1, 0.15) is 11.0 Å². The number of fused-ring (bicyclic) bond motifs is 1. The Balaban J connectivity index is 1.14. The molecule has 0 radical (unpaired) electrons. The summed E-state index contributed by atoms with van der Waals surface area (Å²) in [5.74, 6) is 0. The van der Waals surface area contributed by atoms with Gasteiger partial charge in [0.1, 0.15) is 0 Å². The lowest BCUT2D eigenvalue weighted by atomic mass is 9.95. The summed E-state index contributed by atoms with van der Waals surface area (Å²) < 4.78 is 76.4. The van der Waals surface area contributed by atoms with E-state index in [1.165, 1.54) is 4.90 Å². The Kier molecular flexibility index (Phi) is 7.54. The summed E-state index contributed by atoms with van der Waals surface area (Å²) in [4.78, 5) is 1.35. The SMILES string of the molecule is [2H]c1c([2H])c(N(c2ccc(-c3cccc(-c4ccccc4)c3)cc2)c2c([2H])c([2H])c(-c3cccc(-c4cccc5ccccc45)c3)c([2H])c2[2H])c([2H])c([2H])c1-c1cccc(-c2ccccc2)c1. The molecule has 0 bridgehead atoms. The molecule has 0 saturated carbocycles. The lowest BCUT2D eigenvalue weighted by Gasteiger charge is -2.26. The second-order valence-electron chi connectivity index (χ2n) is 14.3.